The molecule has 0 aliphatic heterocycles. The molecule has 0 aliphatic carbocycles. The molecule has 0 bridgehead atoms. The average molecular weight is 340 g/mol. The summed E-state index contributed by atoms with van der Waals surface area (Å²) in [6, 6.07) is 9.75. The molecule has 2 aromatic carbocycles. The molecule has 0 aromatic heterocycles. The molecule has 0 unspecified atom stereocenters. The minimum absolute atomic E-state index is 0.309. The van der Waals surface area contributed by atoms with Crippen LogP contribution in [0.3, 0.4) is 0 Å². The van der Waals surface area contributed by atoms with Crippen molar-refractivity contribution in [2.45, 2.75) is 11.8 Å². The molecule has 0 saturated carbocycles. The van der Waals surface area contributed by atoms with Crippen LogP contribution in [0.2, 0.25) is 0 Å². The van der Waals surface area contributed by atoms with E-state index in [-0.39, 0.29) is 11.7 Å². The highest BCUT2D eigenvalue weighted by Gasteiger charge is 2.12. The van der Waals surface area contributed by atoms with E-state index in [0.29, 0.717) is 26.2 Å². The van der Waals surface area contributed by atoms with Crippen LogP contribution in [-0.2, 0) is 0 Å². The summed E-state index contributed by atoms with van der Waals surface area (Å²) in [6.07, 6.45) is 0. The van der Waals surface area contributed by atoms with Gasteiger partial charge in [-0.15, -0.1) is 12.6 Å². The normalized spacial score (nSPS) is 10.3. The molecule has 5 heteroatoms. The first kappa shape index (κ1) is 14.1. The van der Waals surface area contributed by atoms with Crippen LogP contribution in [0.25, 0.3) is 0 Å². The minimum Gasteiger partial charge on any atom is -0.322 e. The Morgan fingerprint density at radius 1 is 1.32 bits per heavy atom. The van der Waals surface area contributed by atoms with Gasteiger partial charge in [-0.2, -0.15) is 0 Å². The summed E-state index contributed by atoms with van der Waals surface area (Å²) < 4.78 is 14.1. The summed E-state index contributed by atoms with van der Waals surface area (Å²) in [5, 5.41) is 2.69. The number of anilines is 1. The lowest BCUT2D eigenvalue weighted by molar-refractivity contribution is 0.102. The van der Waals surface area contributed by atoms with E-state index in [1.54, 1.807) is 37.3 Å². The second-order valence-electron chi connectivity index (χ2n) is 4.03. The van der Waals surface area contributed by atoms with Gasteiger partial charge in [0.25, 0.3) is 5.91 Å². The molecule has 2 aromatic rings. The number of nitrogens with one attached hydrogen (secondary N) is 1. The summed E-state index contributed by atoms with van der Waals surface area (Å²) in [5.74, 6) is -0.656. The third-order valence-corrected chi connectivity index (χ3v) is 3.68. The highest BCUT2D eigenvalue weighted by atomic mass is 79.9. The summed E-state index contributed by atoms with van der Waals surface area (Å²) in [6.45, 7) is 1.62. The van der Waals surface area contributed by atoms with E-state index in [2.05, 4.69) is 33.9 Å². The van der Waals surface area contributed by atoms with E-state index < -0.39 is 0 Å². The number of halogens is 2. The van der Waals surface area contributed by atoms with Crippen molar-refractivity contribution in [2.24, 2.45) is 0 Å². The maximum absolute atomic E-state index is 13.4. The summed E-state index contributed by atoms with van der Waals surface area (Å²) in [4.78, 5) is 12.8. The van der Waals surface area contributed by atoms with Gasteiger partial charge >= 0.3 is 0 Å². The lowest BCUT2D eigenvalue weighted by Crippen LogP contribution is -2.13. The molecule has 0 aliphatic rings. The zero-order valence-corrected chi connectivity index (χ0v) is 12.6. The van der Waals surface area contributed by atoms with E-state index in [4.69, 9.17) is 0 Å². The van der Waals surface area contributed by atoms with E-state index in [9.17, 15) is 9.18 Å². The SMILES string of the molecule is Cc1c(F)cccc1NC(=O)c1cc(S)ccc1Br. The van der Waals surface area contributed by atoms with Gasteiger partial charge in [-0.25, -0.2) is 4.39 Å². The quantitative estimate of drug-likeness (QED) is 0.778. The van der Waals surface area contributed by atoms with Gasteiger partial charge in [0.1, 0.15) is 5.82 Å². The lowest BCUT2D eigenvalue weighted by atomic mass is 10.1. The number of carbonyl (C=O) groups excluding carboxylic acids is 1. The summed E-state index contributed by atoms with van der Waals surface area (Å²) in [5.41, 5.74) is 1.33. The fraction of sp³-hybridized carbons (Fsp3) is 0.0714. The Kier molecular flexibility index (Phi) is 4.27. The van der Waals surface area contributed by atoms with Gasteiger partial charge in [0.2, 0.25) is 0 Å². The largest absolute Gasteiger partial charge is 0.322 e. The molecule has 98 valence electrons. The Bertz CT molecular complexity index is 645. The van der Waals surface area contributed by atoms with Crippen molar-refractivity contribution in [3.8, 4) is 0 Å². The van der Waals surface area contributed by atoms with Gasteiger partial charge in [0.15, 0.2) is 0 Å². The molecule has 2 nitrogen and oxygen atoms in total. The molecule has 0 saturated heterocycles. The third-order valence-electron chi connectivity index (χ3n) is 2.71. The standard InChI is InChI=1S/C14H11BrFNOS/c1-8-12(16)3-2-4-13(8)17-14(18)10-7-9(19)5-6-11(10)15/h2-7,19H,1H3,(H,17,18). The molecule has 1 amide bonds. The topological polar surface area (TPSA) is 29.1 Å². The predicted molar refractivity (Wildman–Crippen MR) is 80.5 cm³/mol. The van der Waals surface area contributed by atoms with Crippen molar-refractivity contribution in [3.63, 3.8) is 0 Å². The molecule has 0 spiro atoms. The van der Waals surface area contributed by atoms with Gasteiger partial charge in [0.05, 0.1) is 5.56 Å². The number of amides is 1. The zero-order valence-electron chi connectivity index (χ0n) is 10.1. The maximum atomic E-state index is 13.4. The van der Waals surface area contributed by atoms with E-state index in [1.165, 1.54) is 6.07 Å². The van der Waals surface area contributed by atoms with Crippen LogP contribution >= 0.6 is 28.6 Å². The van der Waals surface area contributed by atoms with Crippen LogP contribution in [-0.4, -0.2) is 5.91 Å². The smallest absolute Gasteiger partial charge is 0.256 e. The number of hydrogen-bond donors (Lipinski definition) is 2. The van der Waals surface area contributed by atoms with Crippen molar-refractivity contribution >= 4 is 40.2 Å². The summed E-state index contributed by atoms with van der Waals surface area (Å²) >= 11 is 7.51. The molecule has 1 N–H and O–H groups in total. The molecule has 0 fully saturated rings. The number of rotatable bonds is 2. The Balaban J connectivity index is 2.31. The number of thiol groups is 1. The lowest BCUT2D eigenvalue weighted by Gasteiger charge is -2.10. The molecule has 0 heterocycles. The molecular formula is C14H11BrFNOS. The molecule has 2 rings (SSSR count). The van der Waals surface area contributed by atoms with Crippen LogP contribution in [0.1, 0.15) is 15.9 Å². The maximum Gasteiger partial charge on any atom is 0.256 e. The molecular weight excluding hydrogens is 329 g/mol. The highest BCUT2D eigenvalue weighted by molar-refractivity contribution is 9.10. The van der Waals surface area contributed by atoms with Gasteiger partial charge < -0.3 is 5.32 Å². The highest BCUT2D eigenvalue weighted by Crippen LogP contribution is 2.23. The first-order chi connectivity index (χ1) is 8.99. The van der Waals surface area contributed by atoms with Crippen molar-refractivity contribution in [3.05, 3.63) is 57.8 Å². The number of hydrogen-bond acceptors (Lipinski definition) is 2. The second kappa shape index (κ2) is 5.75. The monoisotopic (exact) mass is 339 g/mol. The Labute approximate surface area is 124 Å². The Morgan fingerprint density at radius 3 is 2.79 bits per heavy atom. The summed E-state index contributed by atoms with van der Waals surface area (Å²) in [7, 11) is 0. The first-order valence-electron chi connectivity index (χ1n) is 5.54. The van der Waals surface area contributed by atoms with Crippen LogP contribution in [0.15, 0.2) is 45.8 Å². The van der Waals surface area contributed by atoms with Gasteiger partial charge in [-0.1, -0.05) is 6.07 Å². The Morgan fingerprint density at radius 2 is 2.05 bits per heavy atom. The number of carbonyl (C=O) groups is 1. The van der Waals surface area contributed by atoms with Gasteiger partial charge in [0, 0.05) is 20.6 Å². The fourth-order valence-electron chi connectivity index (χ4n) is 1.62. The van der Waals surface area contributed by atoms with Crippen molar-refractivity contribution in [1.82, 2.24) is 0 Å². The second-order valence-corrected chi connectivity index (χ2v) is 5.40. The predicted octanol–water partition coefficient (Wildman–Crippen LogP) is 4.44. The molecule has 0 atom stereocenters. The van der Waals surface area contributed by atoms with Crippen LogP contribution < -0.4 is 5.32 Å². The van der Waals surface area contributed by atoms with E-state index in [0.717, 1.165) is 0 Å². The Hall–Kier alpha value is -1.33. The third kappa shape index (κ3) is 3.16. The van der Waals surface area contributed by atoms with Crippen molar-refractivity contribution < 1.29 is 9.18 Å². The van der Waals surface area contributed by atoms with Crippen LogP contribution in [0, 0.1) is 12.7 Å². The van der Waals surface area contributed by atoms with Crippen molar-refractivity contribution in [1.29, 1.82) is 0 Å². The van der Waals surface area contributed by atoms with Gasteiger partial charge in [-0.3, -0.25) is 4.79 Å². The first-order valence-corrected chi connectivity index (χ1v) is 6.78. The average Bonchev–Trinajstić information content (AvgIpc) is 2.38. The molecule has 0 radical (unpaired) electrons. The van der Waals surface area contributed by atoms with Crippen LogP contribution in [0.4, 0.5) is 10.1 Å². The fourth-order valence-corrected chi connectivity index (χ4v) is 2.25. The minimum atomic E-state index is -0.347. The van der Waals surface area contributed by atoms with E-state index >= 15 is 0 Å². The van der Waals surface area contributed by atoms with Crippen LogP contribution in [0.5, 0.6) is 0 Å². The van der Waals surface area contributed by atoms with Gasteiger partial charge in [-0.05, 0) is 53.2 Å². The van der Waals surface area contributed by atoms with E-state index in [1.807, 2.05) is 0 Å². The molecule has 19 heavy (non-hydrogen) atoms. The zero-order chi connectivity index (χ0) is 14.0. The van der Waals surface area contributed by atoms with Crippen molar-refractivity contribution in [2.75, 3.05) is 5.32 Å². The number of benzene rings is 2.